The Morgan fingerprint density at radius 1 is 1.11 bits per heavy atom. The number of nitrogens with one attached hydrogen (secondary N) is 3. The Kier molecular flexibility index (Phi) is 7.52. The van der Waals surface area contributed by atoms with Crippen LogP contribution in [0.4, 0.5) is 5.69 Å². The second kappa shape index (κ2) is 9.85. The predicted octanol–water partition coefficient (Wildman–Crippen LogP) is 2.16. The van der Waals surface area contributed by atoms with E-state index in [9.17, 15) is 14.4 Å². The summed E-state index contributed by atoms with van der Waals surface area (Å²) in [4.78, 5) is 35.5. The molecule has 0 saturated carbocycles. The van der Waals surface area contributed by atoms with Gasteiger partial charge in [0.25, 0.3) is 0 Å². The molecule has 1 aliphatic carbocycles. The van der Waals surface area contributed by atoms with Gasteiger partial charge < -0.3 is 10.6 Å². The Morgan fingerprint density at radius 2 is 1.85 bits per heavy atom. The summed E-state index contributed by atoms with van der Waals surface area (Å²) in [6.07, 6.45) is 4.37. The molecule has 0 aliphatic heterocycles. The highest BCUT2D eigenvalue weighted by atomic mass is 16.2. The number of fused-ring (bicyclic) bond motifs is 1. The SMILES string of the molecule is C/C(CC(=O)Nc1cccc2c1CCCC2)=N/NC(=O)C(=O)NCC(C)C. The molecule has 0 heterocycles. The standard InChI is InChI=1S/C20H28N4O3/c1-13(2)12-21-19(26)20(27)24-23-14(3)11-18(25)22-17-10-6-8-15-7-4-5-9-16(15)17/h6,8,10,13H,4-5,7,9,11-12H2,1-3H3,(H,21,26)(H,22,25)(H,24,27)/b23-14-. The lowest BCUT2D eigenvalue weighted by Gasteiger charge is -2.19. The lowest BCUT2D eigenvalue weighted by atomic mass is 9.90. The van der Waals surface area contributed by atoms with Crippen LogP contribution in [0.2, 0.25) is 0 Å². The fourth-order valence-electron chi connectivity index (χ4n) is 2.94. The predicted molar refractivity (Wildman–Crippen MR) is 105 cm³/mol. The van der Waals surface area contributed by atoms with Gasteiger partial charge in [0, 0.05) is 17.9 Å². The number of anilines is 1. The average Bonchev–Trinajstić information content (AvgIpc) is 2.64. The highest BCUT2D eigenvalue weighted by molar-refractivity contribution is 6.35. The van der Waals surface area contributed by atoms with Gasteiger partial charge in [-0.1, -0.05) is 26.0 Å². The molecular weight excluding hydrogens is 344 g/mol. The first-order chi connectivity index (χ1) is 12.9. The molecule has 7 heteroatoms. The number of benzene rings is 1. The second-order valence-corrected chi connectivity index (χ2v) is 7.27. The van der Waals surface area contributed by atoms with Crippen LogP contribution in [0, 0.1) is 5.92 Å². The highest BCUT2D eigenvalue weighted by Crippen LogP contribution is 2.27. The summed E-state index contributed by atoms with van der Waals surface area (Å²) >= 11 is 0. The van der Waals surface area contributed by atoms with E-state index in [1.54, 1.807) is 6.92 Å². The van der Waals surface area contributed by atoms with E-state index in [-0.39, 0.29) is 18.2 Å². The zero-order chi connectivity index (χ0) is 19.8. The van der Waals surface area contributed by atoms with Gasteiger partial charge in [0.2, 0.25) is 5.91 Å². The van der Waals surface area contributed by atoms with Gasteiger partial charge in [-0.3, -0.25) is 14.4 Å². The monoisotopic (exact) mass is 372 g/mol. The van der Waals surface area contributed by atoms with E-state index in [0.717, 1.165) is 24.9 Å². The molecule has 3 amide bonds. The lowest BCUT2D eigenvalue weighted by molar-refractivity contribution is -0.139. The van der Waals surface area contributed by atoms with Gasteiger partial charge in [-0.2, -0.15) is 5.10 Å². The lowest BCUT2D eigenvalue weighted by Crippen LogP contribution is -2.39. The van der Waals surface area contributed by atoms with Gasteiger partial charge in [0.1, 0.15) is 0 Å². The second-order valence-electron chi connectivity index (χ2n) is 7.27. The van der Waals surface area contributed by atoms with Gasteiger partial charge in [0.15, 0.2) is 0 Å². The van der Waals surface area contributed by atoms with Crippen LogP contribution in [-0.4, -0.2) is 30.0 Å². The van der Waals surface area contributed by atoms with Crippen LogP contribution in [0.3, 0.4) is 0 Å². The third kappa shape index (κ3) is 6.51. The molecule has 146 valence electrons. The Balaban J connectivity index is 1.86. The molecule has 0 atom stereocenters. The summed E-state index contributed by atoms with van der Waals surface area (Å²) in [6.45, 7) is 5.91. The topological polar surface area (TPSA) is 99.7 Å². The fraction of sp³-hybridized carbons (Fsp3) is 0.500. The maximum atomic E-state index is 12.3. The van der Waals surface area contributed by atoms with Crippen LogP contribution in [-0.2, 0) is 27.2 Å². The molecule has 1 aromatic rings. The quantitative estimate of drug-likeness (QED) is 0.405. The molecule has 0 aromatic heterocycles. The summed E-state index contributed by atoms with van der Waals surface area (Å²) in [7, 11) is 0. The van der Waals surface area contributed by atoms with Crippen LogP contribution in [0.1, 0.15) is 51.2 Å². The van der Waals surface area contributed by atoms with E-state index >= 15 is 0 Å². The molecule has 3 N–H and O–H groups in total. The van der Waals surface area contributed by atoms with Crippen LogP contribution in [0.15, 0.2) is 23.3 Å². The first-order valence-electron chi connectivity index (χ1n) is 9.38. The highest BCUT2D eigenvalue weighted by Gasteiger charge is 2.16. The van der Waals surface area contributed by atoms with Crippen molar-refractivity contribution >= 4 is 29.1 Å². The van der Waals surface area contributed by atoms with Crippen molar-refractivity contribution in [1.29, 1.82) is 0 Å². The maximum Gasteiger partial charge on any atom is 0.329 e. The molecule has 27 heavy (non-hydrogen) atoms. The molecule has 2 rings (SSSR count). The zero-order valence-corrected chi connectivity index (χ0v) is 16.2. The van der Waals surface area contributed by atoms with Crippen LogP contribution < -0.4 is 16.1 Å². The Hall–Kier alpha value is -2.70. The van der Waals surface area contributed by atoms with Crippen molar-refractivity contribution in [1.82, 2.24) is 10.7 Å². The minimum Gasteiger partial charge on any atom is -0.348 e. The summed E-state index contributed by atoms with van der Waals surface area (Å²) in [5.74, 6) is -1.53. The van der Waals surface area contributed by atoms with Crippen LogP contribution >= 0.6 is 0 Å². The molecule has 1 aromatic carbocycles. The molecule has 0 bridgehead atoms. The zero-order valence-electron chi connectivity index (χ0n) is 16.2. The van der Waals surface area contributed by atoms with E-state index < -0.39 is 11.8 Å². The third-order valence-corrected chi connectivity index (χ3v) is 4.31. The summed E-state index contributed by atoms with van der Waals surface area (Å²) < 4.78 is 0. The van der Waals surface area contributed by atoms with Gasteiger partial charge >= 0.3 is 11.8 Å². The number of hydrogen-bond acceptors (Lipinski definition) is 4. The van der Waals surface area contributed by atoms with Gasteiger partial charge in [-0.25, -0.2) is 5.43 Å². The first kappa shape index (κ1) is 20.6. The molecule has 0 unspecified atom stereocenters. The number of hydrogen-bond donors (Lipinski definition) is 3. The minimum atomic E-state index is -0.840. The Bertz CT molecular complexity index is 741. The summed E-state index contributed by atoms with van der Waals surface area (Å²) in [5.41, 5.74) is 5.96. The summed E-state index contributed by atoms with van der Waals surface area (Å²) in [5, 5.41) is 9.28. The first-order valence-corrected chi connectivity index (χ1v) is 9.38. The molecule has 0 fully saturated rings. The Labute approximate surface area is 160 Å². The largest absolute Gasteiger partial charge is 0.348 e. The van der Waals surface area contributed by atoms with Crippen molar-refractivity contribution < 1.29 is 14.4 Å². The van der Waals surface area contributed by atoms with Gasteiger partial charge in [-0.05, 0) is 55.7 Å². The van der Waals surface area contributed by atoms with Crippen molar-refractivity contribution in [3.05, 3.63) is 29.3 Å². The molecule has 0 spiro atoms. The number of amides is 3. The molecule has 0 radical (unpaired) electrons. The van der Waals surface area contributed by atoms with Gasteiger partial charge in [0.05, 0.1) is 6.42 Å². The fourth-order valence-corrected chi connectivity index (χ4v) is 2.94. The molecule has 0 saturated heterocycles. The smallest absolute Gasteiger partial charge is 0.329 e. The number of rotatable bonds is 6. The van der Waals surface area contributed by atoms with Crippen molar-refractivity contribution in [3.8, 4) is 0 Å². The van der Waals surface area contributed by atoms with E-state index in [4.69, 9.17) is 0 Å². The average molecular weight is 372 g/mol. The molecule has 1 aliphatic rings. The van der Waals surface area contributed by atoms with Crippen LogP contribution in [0.25, 0.3) is 0 Å². The molecular formula is C20H28N4O3. The van der Waals surface area contributed by atoms with E-state index in [2.05, 4.69) is 27.2 Å². The van der Waals surface area contributed by atoms with Crippen molar-refractivity contribution in [2.75, 3.05) is 11.9 Å². The van der Waals surface area contributed by atoms with E-state index in [0.29, 0.717) is 12.3 Å². The van der Waals surface area contributed by atoms with Crippen molar-refractivity contribution in [3.63, 3.8) is 0 Å². The third-order valence-electron chi connectivity index (χ3n) is 4.31. The minimum absolute atomic E-state index is 0.0392. The van der Waals surface area contributed by atoms with Gasteiger partial charge in [-0.15, -0.1) is 0 Å². The summed E-state index contributed by atoms with van der Waals surface area (Å²) in [6, 6.07) is 5.97. The van der Waals surface area contributed by atoms with Crippen LogP contribution in [0.5, 0.6) is 0 Å². The van der Waals surface area contributed by atoms with Crippen molar-refractivity contribution in [2.45, 2.75) is 52.9 Å². The van der Waals surface area contributed by atoms with E-state index in [1.165, 1.54) is 17.5 Å². The normalized spacial score (nSPS) is 13.7. The number of hydrazone groups is 1. The van der Waals surface area contributed by atoms with Crippen molar-refractivity contribution in [2.24, 2.45) is 11.0 Å². The number of nitrogens with zero attached hydrogens (tertiary/aromatic N) is 1. The number of aryl methyl sites for hydroxylation is 1. The Morgan fingerprint density at radius 3 is 2.59 bits per heavy atom. The number of carbonyl (C=O) groups is 3. The maximum absolute atomic E-state index is 12.3. The van der Waals surface area contributed by atoms with E-state index in [1.807, 2.05) is 26.0 Å². The number of carbonyl (C=O) groups excluding carboxylic acids is 3. The molecule has 7 nitrogen and oxygen atoms in total.